The predicted molar refractivity (Wildman–Crippen MR) is 85.3 cm³/mol. The fraction of sp³-hybridized carbons (Fsp3) is 0.125. The van der Waals surface area contributed by atoms with Gasteiger partial charge < -0.3 is 9.47 Å². The van der Waals surface area contributed by atoms with E-state index in [1.807, 2.05) is 0 Å². The Hall–Kier alpha value is -2.04. The smallest absolute Gasteiger partial charge is 0.252 e. The maximum atomic E-state index is 11.4. The fourth-order valence-electron chi connectivity index (χ4n) is 2.04. The molecule has 22 heavy (non-hydrogen) atoms. The Balaban J connectivity index is 2.68. The largest absolute Gasteiger partial charge is 0.497 e. The summed E-state index contributed by atoms with van der Waals surface area (Å²) in [6.45, 7) is 0. The van der Waals surface area contributed by atoms with Crippen LogP contribution in [0, 0.1) is 0 Å². The van der Waals surface area contributed by atoms with Crippen LogP contribution >= 0.6 is 23.2 Å². The molecular formula is C16H12Cl2O4. The van der Waals surface area contributed by atoms with Gasteiger partial charge in [0.25, 0.3) is 10.5 Å². The lowest BCUT2D eigenvalue weighted by molar-refractivity contribution is 0.107. The van der Waals surface area contributed by atoms with Crippen molar-refractivity contribution >= 4 is 33.7 Å². The van der Waals surface area contributed by atoms with Crippen molar-refractivity contribution in [3.8, 4) is 22.6 Å². The van der Waals surface area contributed by atoms with E-state index in [0.29, 0.717) is 28.2 Å². The molecule has 4 nitrogen and oxygen atoms in total. The van der Waals surface area contributed by atoms with Crippen LogP contribution in [0.15, 0.2) is 36.4 Å². The highest BCUT2D eigenvalue weighted by Gasteiger charge is 2.14. The molecule has 2 aromatic rings. The standard InChI is InChI=1S/C16H12Cl2O4/c1-21-12-6-10(5-11(7-12)16(18)20)13-8-9(15(17)19)3-4-14(13)22-2/h3-8H,1-2H3. The van der Waals surface area contributed by atoms with Crippen LogP contribution in [0.5, 0.6) is 11.5 Å². The first-order valence-electron chi connectivity index (χ1n) is 6.23. The van der Waals surface area contributed by atoms with Crippen molar-refractivity contribution in [3.05, 3.63) is 47.5 Å². The second-order valence-electron chi connectivity index (χ2n) is 4.41. The highest BCUT2D eigenvalue weighted by molar-refractivity contribution is 6.68. The van der Waals surface area contributed by atoms with Crippen LogP contribution in [0.4, 0.5) is 0 Å². The van der Waals surface area contributed by atoms with E-state index in [0.717, 1.165) is 0 Å². The normalized spacial score (nSPS) is 10.2. The topological polar surface area (TPSA) is 52.6 Å². The van der Waals surface area contributed by atoms with Crippen molar-refractivity contribution in [3.63, 3.8) is 0 Å². The maximum Gasteiger partial charge on any atom is 0.252 e. The van der Waals surface area contributed by atoms with Crippen LogP contribution in [0.2, 0.25) is 0 Å². The number of hydrogen-bond donors (Lipinski definition) is 0. The summed E-state index contributed by atoms with van der Waals surface area (Å²) in [5, 5.41) is -1.19. The molecule has 2 aromatic carbocycles. The van der Waals surface area contributed by atoms with Gasteiger partial charge in [-0.3, -0.25) is 9.59 Å². The van der Waals surface area contributed by atoms with Gasteiger partial charge in [-0.2, -0.15) is 0 Å². The number of benzene rings is 2. The molecule has 0 bridgehead atoms. The first-order valence-corrected chi connectivity index (χ1v) is 6.99. The first-order chi connectivity index (χ1) is 10.5. The van der Waals surface area contributed by atoms with Crippen molar-refractivity contribution in [1.82, 2.24) is 0 Å². The summed E-state index contributed by atoms with van der Waals surface area (Å²) >= 11 is 11.1. The highest BCUT2D eigenvalue weighted by Crippen LogP contribution is 2.34. The van der Waals surface area contributed by atoms with Crippen LogP contribution in [0.25, 0.3) is 11.1 Å². The summed E-state index contributed by atoms with van der Waals surface area (Å²) < 4.78 is 10.5. The average molecular weight is 339 g/mol. The van der Waals surface area contributed by atoms with Gasteiger partial charge in [0.1, 0.15) is 11.5 Å². The Morgan fingerprint density at radius 1 is 0.864 bits per heavy atom. The molecule has 0 aliphatic heterocycles. The van der Waals surface area contributed by atoms with E-state index in [-0.39, 0.29) is 5.56 Å². The van der Waals surface area contributed by atoms with E-state index >= 15 is 0 Å². The van der Waals surface area contributed by atoms with E-state index in [1.165, 1.54) is 20.3 Å². The maximum absolute atomic E-state index is 11.4. The third-order valence-electron chi connectivity index (χ3n) is 3.11. The quantitative estimate of drug-likeness (QED) is 0.769. The highest BCUT2D eigenvalue weighted by atomic mass is 35.5. The monoisotopic (exact) mass is 338 g/mol. The van der Waals surface area contributed by atoms with Crippen molar-refractivity contribution < 1.29 is 19.1 Å². The van der Waals surface area contributed by atoms with Gasteiger partial charge in [0.15, 0.2) is 0 Å². The lowest BCUT2D eigenvalue weighted by Gasteiger charge is -2.12. The third kappa shape index (κ3) is 3.40. The molecule has 0 spiro atoms. The van der Waals surface area contributed by atoms with Crippen LogP contribution in [-0.2, 0) is 0 Å². The number of carbonyl (C=O) groups excluding carboxylic acids is 2. The SMILES string of the molecule is COc1cc(C(=O)Cl)cc(-c2cc(C(=O)Cl)ccc2OC)c1. The zero-order valence-corrected chi connectivity index (χ0v) is 13.4. The summed E-state index contributed by atoms with van der Waals surface area (Å²) in [6.07, 6.45) is 0. The molecule has 0 fully saturated rings. The number of hydrogen-bond acceptors (Lipinski definition) is 4. The molecule has 0 aliphatic carbocycles. The molecule has 0 atom stereocenters. The van der Waals surface area contributed by atoms with Crippen LogP contribution in [-0.4, -0.2) is 24.7 Å². The minimum Gasteiger partial charge on any atom is -0.497 e. The average Bonchev–Trinajstić information content (AvgIpc) is 2.53. The first kappa shape index (κ1) is 16.3. The third-order valence-corrected chi connectivity index (χ3v) is 3.54. The fourth-order valence-corrected chi connectivity index (χ4v) is 2.27. The van der Waals surface area contributed by atoms with Crippen LogP contribution < -0.4 is 9.47 Å². The second-order valence-corrected chi connectivity index (χ2v) is 5.10. The predicted octanol–water partition coefficient (Wildman–Crippen LogP) is 4.13. The molecular weight excluding hydrogens is 327 g/mol. The van der Waals surface area contributed by atoms with Gasteiger partial charge in [-0.1, -0.05) is 0 Å². The van der Waals surface area contributed by atoms with Gasteiger partial charge in [-0.25, -0.2) is 0 Å². The van der Waals surface area contributed by atoms with Crippen molar-refractivity contribution in [2.75, 3.05) is 14.2 Å². The summed E-state index contributed by atoms with van der Waals surface area (Å²) in [6, 6.07) is 9.62. The van der Waals surface area contributed by atoms with E-state index in [2.05, 4.69) is 0 Å². The van der Waals surface area contributed by atoms with Crippen molar-refractivity contribution in [2.24, 2.45) is 0 Å². The number of carbonyl (C=O) groups is 2. The Kier molecular flexibility index (Phi) is 5.06. The van der Waals surface area contributed by atoms with Crippen molar-refractivity contribution in [2.45, 2.75) is 0 Å². The van der Waals surface area contributed by atoms with Gasteiger partial charge in [0.05, 0.1) is 14.2 Å². The van der Waals surface area contributed by atoms with Crippen LogP contribution in [0.3, 0.4) is 0 Å². The van der Waals surface area contributed by atoms with Gasteiger partial charge in [-0.05, 0) is 65.2 Å². The minimum atomic E-state index is -0.608. The Morgan fingerprint density at radius 2 is 1.55 bits per heavy atom. The molecule has 114 valence electrons. The number of ether oxygens (including phenoxy) is 2. The van der Waals surface area contributed by atoms with Gasteiger partial charge >= 0.3 is 0 Å². The Morgan fingerprint density at radius 3 is 2.09 bits per heavy atom. The van der Waals surface area contributed by atoms with E-state index in [1.54, 1.807) is 30.3 Å². The summed E-state index contributed by atoms with van der Waals surface area (Å²) in [5.74, 6) is 0.994. The summed E-state index contributed by atoms with van der Waals surface area (Å²) in [7, 11) is 2.99. The molecule has 0 aliphatic rings. The number of methoxy groups -OCH3 is 2. The molecule has 0 heterocycles. The zero-order chi connectivity index (χ0) is 16.3. The molecule has 0 amide bonds. The molecule has 0 radical (unpaired) electrons. The van der Waals surface area contributed by atoms with Crippen molar-refractivity contribution in [1.29, 1.82) is 0 Å². The molecule has 2 rings (SSSR count). The van der Waals surface area contributed by atoms with E-state index < -0.39 is 10.5 Å². The van der Waals surface area contributed by atoms with Gasteiger partial charge in [-0.15, -0.1) is 0 Å². The summed E-state index contributed by atoms with van der Waals surface area (Å²) in [5.41, 5.74) is 1.83. The number of rotatable bonds is 5. The van der Waals surface area contributed by atoms with Gasteiger partial charge in [0, 0.05) is 16.7 Å². The number of halogens is 2. The zero-order valence-electron chi connectivity index (χ0n) is 11.9. The second kappa shape index (κ2) is 6.81. The Labute approximate surface area is 137 Å². The lowest BCUT2D eigenvalue weighted by atomic mass is 10.00. The van der Waals surface area contributed by atoms with E-state index in [4.69, 9.17) is 32.7 Å². The lowest BCUT2D eigenvalue weighted by Crippen LogP contribution is -1.96. The molecule has 6 heteroatoms. The summed E-state index contributed by atoms with van der Waals surface area (Å²) in [4.78, 5) is 22.8. The molecule has 0 N–H and O–H groups in total. The molecule has 0 unspecified atom stereocenters. The molecule has 0 saturated heterocycles. The minimum absolute atomic E-state index is 0.278. The van der Waals surface area contributed by atoms with Gasteiger partial charge in [0.2, 0.25) is 0 Å². The van der Waals surface area contributed by atoms with Crippen LogP contribution in [0.1, 0.15) is 20.7 Å². The van der Waals surface area contributed by atoms with E-state index in [9.17, 15) is 9.59 Å². The Bertz CT molecular complexity index is 741. The molecule has 0 aromatic heterocycles. The molecule has 0 saturated carbocycles.